The Labute approximate surface area is 137 Å². The van der Waals surface area contributed by atoms with Crippen molar-refractivity contribution in [2.24, 2.45) is 0 Å². The molecule has 1 aliphatic heterocycles. The maximum absolute atomic E-state index is 13.6. The van der Waals surface area contributed by atoms with Crippen molar-refractivity contribution in [3.8, 4) is 0 Å². The number of nitrogens with zero attached hydrogens (tertiary/aromatic N) is 2. The molecular formula is C18H26FN3O. The summed E-state index contributed by atoms with van der Waals surface area (Å²) in [5.41, 5.74) is 0.227. The largest absolute Gasteiger partial charge is 0.352 e. The van der Waals surface area contributed by atoms with Gasteiger partial charge in [-0.25, -0.2) is 4.39 Å². The Kier molecular flexibility index (Phi) is 5.60. The Hall–Kier alpha value is -1.49. The second-order valence-electron chi connectivity index (χ2n) is 6.80. The Morgan fingerprint density at radius 3 is 2.87 bits per heavy atom. The number of amides is 1. The predicted molar refractivity (Wildman–Crippen MR) is 87.5 cm³/mol. The summed E-state index contributed by atoms with van der Waals surface area (Å²) in [7, 11) is 0. The van der Waals surface area contributed by atoms with Crippen molar-refractivity contribution in [3.05, 3.63) is 29.8 Å². The van der Waals surface area contributed by atoms with E-state index < -0.39 is 5.82 Å². The van der Waals surface area contributed by atoms with Crippen LogP contribution in [0.25, 0.3) is 0 Å². The Balaban J connectivity index is 1.51. The fraction of sp³-hybridized carbons (Fsp3) is 0.667. The number of nitrogens with one attached hydrogen (secondary N) is 1. The molecule has 2 heterocycles. The third-order valence-electron chi connectivity index (χ3n) is 5.07. The van der Waals surface area contributed by atoms with Gasteiger partial charge in [0.05, 0.1) is 12.1 Å². The van der Waals surface area contributed by atoms with E-state index in [0.29, 0.717) is 6.04 Å². The van der Waals surface area contributed by atoms with Gasteiger partial charge in [-0.1, -0.05) is 19.3 Å². The van der Waals surface area contributed by atoms with Crippen molar-refractivity contribution in [3.63, 3.8) is 0 Å². The fourth-order valence-electron chi connectivity index (χ4n) is 3.88. The van der Waals surface area contributed by atoms with Crippen LogP contribution in [0.5, 0.6) is 0 Å². The molecule has 5 heteroatoms. The van der Waals surface area contributed by atoms with E-state index in [1.165, 1.54) is 44.4 Å². The molecule has 1 aromatic rings. The number of hydrogen-bond acceptors (Lipinski definition) is 3. The van der Waals surface area contributed by atoms with Crippen molar-refractivity contribution in [2.45, 2.75) is 63.5 Å². The molecule has 0 bridgehead atoms. The van der Waals surface area contributed by atoms with Crippen LogP contribution >= 0.6 is 0 Å². The average Bonchev–Trinajstić information content (AvgIpc) is 2.58. The highest BCUT2D eigenvalue weighted by molar-refractivity contribution is 5.78. The molecule has 1 amide bonds. The molecule has 2 aliphatic rings. The maximum atomic E-state index is 13.6. The number of likely N-dealkylation sites (tertiary alicyclic amines) is 1. The Bertz CT molecular complexity index is 531. The molecule has 0 aromatic carbocycles. The van der Waals surface area contributed by atoms with Crippen molar-refractivity contribution >= 4 is 5.91 Å². The minimum absolute atomic E-state index is 0.0204. The molecule has 126 valence electrons. The van der Waals surface area contributed by atoms with Crippen LogP contribution in [0.3, 0.4) is 0 Å². The van der Waals surface area contributed by atoms with Gasteiger partial charge in [0.15, 0.2) is 0 Å². The van der Waals surface area contributed by atoms with E-state index in [1.54, 1.807) is 6.07 Å². The molecule has 1 saturated heterocycles. The molecule has 1 saturated carbocycles. The predicted octanol–water partition coefficient (Wildman–Crippen LogP) is 2.68. The lowest BCUT2D eigenvalue weighted by Crippen LogP contribution is -2.51. The highest BCUT2D eigenvalue weighted by Gasteiger charge is 2.27. The van der Waals surface area contributed by atoms with E-state index in [4.69, 9.17) is 0 Å². The van der Waals surface area contributed by atoms with Crippen LogP contribution < -0.4 is 5.32 Å². The Morgan fingerprint density at radius 1 is 1.26 bits per heavy atom. The van der Waals surface area contributed by atoms with Crippen LogP contribution in [0.1, 0.15) is 50.6 Å². The van der Waals surface area contributed by atoms with Gasteiger partial charge in [-0.2, -0.15) is 0 Å². The van der Waals surface area contributed by atoms with Crippen molar-refractivity contribution in [1.82, 2.24) is 15.2 Å². The van der Waals surface area contributed by atoms with E-state index >= 15 is 0 Å². The molecule has 3 rings (SSSR count). The zero-order chi connectivity index (χ0) is 16.1. The molecule has 4 nitrogen and oxygen atoms in total. The van der Waals surface area contributed by atoms with Crippen molar-refractivity contribution in [1.29, 1.82) is 0 Å². The first-order chi connectivity index (χ1) is 11.2. The topological polar surface area (TPSA) is 45.2 Å². The van der Waals surface area contributed by atoms with Crippen LogP contribution in [0.4, 0.5) is 4.39 Å². The number of pyridine rings is 1. The monoisotopic (exact) mass is 319 g/mol. The van der Waals surface area contributed by atoms with Crippen molar-refractivity contribution < 1.29 is 9.18 Å². The summed E-state index contributed by atoms with van der Waals surface area (Å²) in [6, 6.07) is 3.77. The lowest BCUT2D eigenvalue weighted by molar-refractivity contribution is -0.121. The third-order valence-corrected chi connectivity index (χ3v) is 5.07. The quantitative estimate of drug-likeness (QED) is 0.928. The zero-order valence-corrected chi connectivity index (χ0v) is 13.6. The van der Waals surface area contributed by atoms with Crippen LogP contribution in [-0.4, -0.2) is 41.0 Å². The van der Waals surface area contributed by atoms with E-state index in [2.05, 4.69) is 15.2 Å². The van der Waals surface area contributed by atoms with Gasteiger partial charge in [0.2, 0.25) is 5.91 Å². The molecule has 0 radical (unpaired) electrons. The second-order valence-corrected chi connectivity index (χ2v) is 6.80. The molecule has 2 fully saturated rings. The second kappa shape index (κ2) is 7.86. The van der Waals surface area contributed by atoms with E-state index in [1.807, 2.05) is 0 Å². The molecule has 1 unspecified atom stereocenters. The van der Waals surface area contributed by atoms with Gasteiger partial charge >= 0.3 is 0 Å². The number of carbonyl (C=O) groups is 1. The lowest BCUT2D eigenvalue weighted by atomic mass is 9.92. The summed E-state index contributed by atoms with van der Waals surface area (Å²) in [4.78, 5) is 18.7. The molecule has 1 atom stereocenters. The fourth-order valence-corrected chi connectivity index (χ4v) is 3.88. The number of carbonyl (C=O) groups excluding carboxylic acids is 1. The molecule has 0 spiro atoms. The number of aromatic nitrogens is 1. The maximum Gasteiger partial charge on any atom is 0.226 e. The molecule has 1 aromatic heterocycles. The van der Waals surface area contributed by atoms with E-state index in [9.17, 15) is 9.18 Å². The highest BCUT2D eigenvalue weighted by Crippen LogP contribution is 2.25. The van der Waals surface area contributed by atoms with Gasteiger partial charge in [-0.15, -0.1) is 0 Å². The minimum Gasteiger partial charge on any atom is -0.352 e. The van der Waals surface area contributed by atoms with Crippen LogP contribution in [0.2, 0.25) is 0 Å². The van der Waals surface area contributed by atoms with Crippen molar-refractivity contribution in [2.75, 3.05) is 13.1 Å². The Morgan fingerprint density at radius 2 is 2.09 bits per heavy atom. The summed E-state index contributed by atoms with van der Waals surface area (Å²) >= 11 is 0. The molecule has 1 aliphatic carbocycles. The first-order valence-corrected chi connectivity index (χ1v) is 8.85. The summed E-state index contributed by atoms with van der Waals surface area (Å²) < 4.78 is 13.6. The summed E-state index contributed by atoms with van der Waals surface area (Å²) in [6.45, 7) is 2.08. The zero-order valence-electron chi connectivity index (χ0n) is 13.6. The summed E-state index contributed by atoms with van der Waals surface area (Å²) in [5.74, 6) is -0.534. The standard InChI is InChI=1S/C18H26FN3O/c19-16-9-4-10-20-17(16)12-18(23)21-14-6-5-11-22(13-14)15-7-2-1-3-8-15/h4,9-10,14-15H,1-3,5-8,11-13H2,(H,21,23). The first kappa shape index (κ1) is 16.4. The molecule has 1 N–H and O–H groups in total. The van der Waals surface area contributed by atoms with Gasteiger partial charge in [0, 0.05) is 24.8 Å². The molecule has 23 heavy (non-hydrogen) atoms. The minimum atomic E-state index is -0.407. The smallest absolute Gasteiger partial charge is 0.226 e. The average molecular weight is 319 g/mol. The highest BCUT2D eigenvalue weighted by atomic mass is 19.1. The van der Waals surface area contributed by atoms with Gasteiger partial charge < -0.3 is 5.32 Å². The lowest BCUT2D eigenvalue weighted by Gasteiger charge is -2.40. The van der Waals surface area contributed by atoms with Gasteiger partial charge in [0.1, 0.15) is 5.82 Å². The number of piperidine rings is 1. The SMILES string of the molecule is O=C(Cc1ncccc1F)NC1CCCN(C2CCCCC2)C1. The van der Waals surface area contributed by atoms with E-state index in [-0.39, 0.29) is 24.1 Å². The third kappa shape index (κ3) is 4.50. The first-order valence-electron chi connectivity index (χ1n) is 8.85. The van der Waals surface area contributed by atoms with Crippen LogP contribution in [0.15, 0.2) is 18.3 Å². The number of halogens is 1. The number of rotatable bonds is 4. The van der Waals surface area contributed by atoms with Crippen LogP contribution in [0, 0.1) is 5.82 Å². The summed E-state index contributed by atoms with van der Waals surface area (Å²) in [5, 5.41) is 3.08. The normalized spacial score (nSPS) is 23.6. The van der Waals surface area contributed by atoms with E-state index in [0.717, 1.165) is 25.9 Å². The van der Waals surface area contributed by atoms with Gasteiger partial charge in [-0.05, 0) is 44.4 Å². The van der Waals surface area contributed by atoms with Gasteiger partial charge in [-0.3, -0.25) is 14.7 Å². The molecular weight excluding hydrogens is 293 g/mol. The van der Waals surface area contributed by atoms with Crippen LogP contribution in [-0.2, 0) is 11.2 Å². The number of hydrogen-bond donors (Lipinski definition) is 1. The van der Waals surface area contributed by atoms with Gasteiger partial charge in [0.25, 0.3) is 0 Å². The summed E-state index contributed by atoms with van der Waals surface area (Å²) in [6.07, 6.45) is 10.3.